The normalized spacial score (nSPS) is 46.2. The summed E-state index contributed by atoms with van der Waals surface area (Å²) >= 11 is 0. The average Bonchev–Trinajstić information content (AvgIpc) is 2.91. The first kappa shape index (κ1) is 11.4. The van der Waals surface area contributed by atoms with E-state index in [1.54, 1.807) is 0 Å². The van der Waals surface area contributed by atoms with Gasteiger partial charge >= 0.3 is 0 Å². The van der Waals surface area contributed by atoms with Gasteiger partial charge in [-0.25, -0.2) is 0 Å². The zero-order chi connectivity index (χ0) is 10.8. The van der Waals surface area contributed by atoms with Crippen LogP contribution in [-0.4, -0.2) is 18.0 Å². The SMILES string of the molecule is CC.OCOC1CC2CC1C1CCCC21. The van der Waals surface area contributed by atoms with E-state index >= 15 is 0 Å². The Morgan fingerprint density at radius 2 is 1.80 bits per heavy atom. The lowest BCUT2D eigenvalue weighted by Crippen LogP contribution is -2.30. The zero-order valence-electron chi connectivity index (χ0n) is 9.98. The van der Waals surface area contributed by atoms with Crippen LogP contribution in [0, 0.1) is 23.7 Å². The lowest BCUT2D eigenvalue weighted by atomic mass is 9.80. The molecule has 0 aromatic carbocycles. The van der Waals surface area contributed by atoms with Crippen molar-refractivity contribution in [2.75, 3.05) is 6.79 Å². The van der Waals surface area contributed by atoms with Crippen molar-refractivity contribution in [3.05, 3.63) is 0 Å². The molecule has 0 amide bonds. The lowest BCUT2D eigenvalue weighted by Gasteiger charge is -2.30. The maximum Gasteiger partial charge on any atom is 0.143 e. The van der Waals surface area contributed by atoms with E-state index < -0.39 is 0 Å². The Labute approximate surface area is 93.0 Å². The number of hydrogen-bond acceptors (Lipinski definition) is 2. The largest absolute Gasteiger partial charge is 0.371 e. The van der Waals surface area contributed by atoms with Gasteiger partial charge in [0.25, 0.3) is 0 Å². The summed E-state index contributed by atoms with van der Waals surface area (Å²) < 4.78 is 5.40. The molecule has 2 bridgehead atoms. The van der Waals surface area contributed by atoms with Crippen molar-refractivity contribution in [1.29, 1.82) is 0 Å². The minimum absolute atomic E-state index is 0.0781. The molecule has 5 atom stereocenters. The quantitative estimate of drug-likeness (QED) is 0.713. The lowest BCUT2D eigenvalue weighted by molar-refractivity contribution is -0.0834. The Kier molecular flexibility index (Phi) is 3.68. The Morgan fingerprint density at radius 1 is 1.07 bits per heavy atom. The molecule has 1 N–H and O–H groups in total. The second-order valence-electron chi connectivity index (χ2n) is 4.99. The minimum Gasteiger partial charge on any atom is -0.371 e. The van der Waals surface area contributed by atoms with Gasteiger partial charge < -0.3 is 9.84 Å². The van der Waals surface area contributed by atoms with Gasteiger partial charge in [0.15, 0.2) is 0 Å². The van der Waals surface area contributed by atoms with Gasteiger partial charge in [0.1, 0.15) is 6.79 Å². The molecular weight excluding hydrogens is 188 g/mol. The second kappa shape index (κ2) is 4.84. The highest BCUT2D eigenvalue weighted by atomic mass is 16.6. The molecule has 3 saturated carbocycles. The van der Waals surface area contributed by atoms with E-state index in [1.165, 1.54) is 32.1 Å². The van der Waals surface area contributed by atoms with Gasteiger partial charge in [0.2, 0.25) is 0 Å². The molecule has 15 heavy (non-hydrogen) atoms. The predicted molar refractivity (Wildman–Crippen MR) is 60.4 cm³/mol. The molecule has 3 fully saturated rings. The number of aliphatic hydroxyl groups is 1. The molecule has 3 aliphatic rings. The average molecular weight is 212 g/mol. The van der Waals surface area contributed by atoms with Gasteiger partial charge in [-0.3, -0.25) is 0 Å². The van der Waals surface area contributed by atoms with E-state index in [1.807, 2.05) is 13.8 Å². The number of hydrogen-bond donors (Lipinski definition) is 1. The number of aliphatic hydroxyl groups excluding tert-OH is 1. The summed E-state index contributed by atoms with van der Waals surface area (Å²) in [5.74, 6) is 3.72. The third kappa shape index (κ3) is 1.83. The van der Waals surface area contributed by atoms with Crippen LogP contribution in [0.3, 0.4) is 0 Å². The number of rotatable bonds is 2. The van der Waals surface area contributed by atoms with E-state index in [9.17, 15) is 0 Å². The van der Waals surface area contributed by atoms with Crippen LogP contribution in [-0.2, 0) is 4.74 Å². The molecule has 0 radical (unpaired) electrons. The monoisotopic (exact) mass is 212 g/mol. The second-order valence-corrected chi connectivity index (χ2v) is 4.99. The van der Waals surface area contributed by atoms with Crippen LogP contribution in [0.15, 0.2) is 0 Å². The Bertz CT molecular complexity index is 205. The summed E-state index contributed by atoms with van der Waals surface area (Å²) in [6.45, 7) is 3.92. The highest BCUT2D eigenvalue weighted by molar-refractivity contribution is 5.03. The molecule has 0 aromatic rings. The van der Waals surface area contributed by atoms with Gasteiger partial charge in [0, 0.05) is 0 Å². The maximum absolute atomic E-state index is 8.77. The third-order valence-corrected chi connectivity index (χ3v) is 4.66. The van der Waals surface area contributed by atoms with Crippen molar-refractivity contribution in [3.63, 3.8) is 0 Å². The molecule has 0 aromatic heterocycles. The Hall–Kier alpha value is -0.0800. The van der Waals surface area contributed by atoms with Gasteiger partial charge in [-0.1, -0.05) is 20.3 Å². The van der Waals surface area contributed by atoms with Crippen LogP contribution in [0.5, 0.6) is 0 Å². The first-order valence-corrected chi connectivity index (χ1v) is 6.62. The Balaban J connectivity index is 0.000000404. The predicted octanol–water partition coefficient (Wildman–Crippen LogP) is 2.80. The van der Waals surface area contributed by atoms with Gasteiger partial charge in [-0.15, -0.1) is 0 Å². The van der Waals surface area contributed by atoms with Crippen LogP contribution >= 0.6 is 0 Å². The summed E-state index contributed by atoms with van der Waals surface area (Å²) in [5.41, 5.74) is 0. The minimum atomic E-state index is -0.0781. The van der Waals surface area contributed by atoms with Crippen molar-refractivity contribution in [2.45, 2.75) is 52.1 Å². The molecule has 88 valence electrons. The van der Waals surface area contributed by atoms with Crippen molar-refractivity contribution < 1.29 is 9.84 Å². The third-order valence-electron chi connectivity index (χ3n) is 4.66. The summed E-state index contributed by atoms with van der Waals surface area (Å²) in [7, 11) is 0. The number of ether oxygens (including phenoxy) is 1. The van der Waals surface area contributed by atoms with Crippen LogP contribution in [0.1, 0.15) is 46.0 Å². The highest BCUT2D eigenvalue weighted by Crippen LogP contribution is 2.59. The molecule has 3 aliphatic carbocycles. The first-order chi connectivity index (χ1) is 7.40. The fourth-order valence-corrected chi connectivity index (χ4v) is 4.29. The van der Waals surface area contributed by atoms with Crippen LogP contribution in [0.25, 0.3) is 0 Å². The molecule has 3 rings (SSSR count). The van der Waals surface area contributed by atoms with E-state index in [0.29, 0.717) is 6.10 Å². The summed E-state index contributed by atoms with van der Waals surface area (Å²) in [6, 6.07) is 0. The smallest absolute Gasteiger partial charge is 0.143 e. The topological polar surface area (TPSA) is 29.5 Å². The summed E-state index contributed by atoms with van der Waals surface area (Å²) in [4.78, 5) is 0. The molecule has 0 heterocycles. The Morgan fingerprint density at radius 3 is 2.53 bits per heavy atom. The van der Waals surface area contributed by atoms with E-state index in [-0.39, 0.29) is 6.79 Å². The molecule has 2 nitrogen and oxygen atoms in total. The molecular formula is C13H24O2. The molecule has 2 heteroatoms. The van der Waals surface area contributed by atoms with E-state index in [2.05, 4.69) is 0 Å². The van der Waals surface area contributed by atoms with Crippen molar-refractivity contribution >= 4 is 0 Å². The fraction of sp³-hybridized carbons (Fsp3) is 1.00. The molecule has 0 aliphatic heterocycles. The maximum atomic E-state index is 8.77. The van der Waals surface area contributed by atoms with Crippen LogP contribution in [0.2, 0.25) is 0 Å². The standard InChI is InChI=1S/C11H18O2.C2H6/c12-6-13-11-5-7-4-10(11)9-3-1-2-8(7)9;1-2/h7-12H,1-6H2;1-2H3. The molecule has 0 saturated heterocycles. The first-order valence-electron chi connectivity index (χ1n) is 6.62. The van der Waals surface area contributed by atoms with Crippen molar-refractivity contribution in [3.8, 4) is 0 Å². The molecule has 5 unspecified atom stereocenters. The van der Waals surface area contributed by atoms with E-state index in [4.69, 9.17) is 9.84 Å². The van der Waals surface area contributed by atoms with Crippen LogP contribution < -0.4 is 0 Å². The van der Waals surface area contributed by atoms with Gasteiger partial charge in [0.05, 0.1) is 6.10 Å². The van der Waals surface area contributed by atoms with Crippen molar-refractivity contribution in [1.82, 2.24) is 0 Å². The highest BCUT2D eigenvalue weighted by Gasteiger charge is 2.54. The van der Waals surface area contributed by atoms with Crippen molar-refractivity contribution in [2.24, 2.45) is 23.7 Å². The number of fused-ring (bicyclic) bond motifs is 5. The van der Waals surface area contributed by atoms with Crippen LogP contribution in [0.4, 0.5) is 0 Å². The van der Waals surface area contributed by atoms with Gasteiger partial charge in [-0.05, 0) is 49.4 Å². The summed E-state index contributed by atoms with van der Waals surface area (Å²) in [6.07, 6.45) is 7.35. The molecule has 0 spiro atoms. The zero-order valence-corrected chi connectivity index (χ0v) is 9.98. The van der Waals surface area contributed by atoms with Gasteiger partial charge in [-0.2, -0.15) is 0 Å². The summed E-state index contributed by atoms with van der Waals surface area (Å²) in [5, 5.41) is 8.77. The fourth-order valence-electron chi connectivity index (χ4n) is 4.29. The van der Waals surface area contributed by atoms with E-state index in [0.717, 1.165) is 23.7 Å².